The number of aromatic amines is 1. The molecule has 3 rings (SSSR count). The van der Waals surface area contributed by atoms with Crippen molar-refractivity contribution in [3.8, 4) is 0 Å². The molecule has 32 heavy (non-hydrogen) atoms. The number of ether oxygens (including phenoxy) is 3. The van der Waals surface area contributed by atoms with Crippen LogP contribution in [0.25, 0.3) is 0 Å². The summed E-state index contributed by atoms with van der Waals surface area (Å²) in [7, 11) is -3.72. The lowest BCUT2D eigenvalue weighted by molar-refractivity contribution is -0.156. The van der Waals surface area contributed by atoms with Crippen LogP contribution in [0, 0.1) is 0 Å². The van der Waals surface area contributed by atoms with Crippen molar-refractivity contribution in [1.29, 1.82) is 0 Å². The molecule has 5 atom stereocenters. The van der Waals surface area contributed by atoms with Gasteiger partial charge < -0.3 is 23.6 Å². The van der Waals surface area contributed by atoms with Crippen LogP contribution in [0.5, 0.6) is 0 Å². The predicted molar refractivity (Wildman–Crippen MR) is 107 cm³/mol. The Labute approximate surface area is 181 Å². The maximum Gasteiger partial charge on any atom is 0.330 e. The maximum atomic E-state index is 15.7. The smallest absolute Gasteiger partial charge is 0.330 e. The first-order valence-corrected chi connectivity index (χ1v) is 11.4. The standard InChI is InChI=1S/C17H25FN4O9P/c1-9(2)29-12(24)6-19-32(27)20-7-13(25)31-14-10(8-28-32)30-15(17(14,3)18)22-5-4-11(23)21-16(22)26/h4-5,9-10,14-15,19-20,27H,6-8H2,1-3H3,(H,21,23,26)/t10-,14-,15-,17-/m1/s1. The summed E-state index contributed by atoms with van der Waals surface area (Å²) in [5.41, 5.74) is -3.98. The number of carbonyl (C=O) groups excluding carboxylic acids is 2. The summed E-state index contributed by atoms with van der Waals surface area (Å²) < 4.78 is 37.8. The van der Waals surface area contributed by atoms with Gasteiger partial charge in [0.05, 0.1) is 12.7 Å². The quantitative estimate of drug-likeness (QED) is 0.299. The third-order valence-corrected chi connectivity index (χ3v) is 6.41. The van der Waals surface area contributed by atoms with Crippen molar-refractivity contribution in [1.82, 2.24) is 19.7 Å². The van der Waals surface area contributed by atoms with Crippen molar-refractivity contribution in [2.24, 2.45) is 0 Å². The van der Waals surface area contributed by atoms with Crippen LogP contribution in [0.15, 0.2) is 21.9 Å². The number of H-pyrrole nitrogens is 1. The van der Waals surface area contributed by atoms with E-state index in [1.807, 2.05) is 4.98 Å². The van der Waals surface area contributed by atoms with E-state index in [-0.39, 0.29) is 6.10 Å². The average Bonchev–Trinajstić information content (AvgIpc) is 2.96. The van der Waals surface area contributed by atoms with Crippen LogP contribution >= 0.6 is 8.02 Å². The normalized spacial score (nSPS) is 33.1. The van der Waals surface area contributed by atoms with Gasteiger partial charge >= 0.3 is 17.6 Å². The predicted octanol–water partition coefficient (Wildman–Crippen LogP) is -1.10. The van der Waals surface area contributed by atoms with Crippen LogP contribution in [0.4, 0.5) is 4.39 Å². The monoisotopic (exact) mass is 479 g/mol. The highest BCUT2D eigenvalue weighted by Gasteiger charge is 2.59. The fourth-order valence-corrected chi connectivity index (χ4v) is 4.64. The molecule has 4 N–H and O–H groups in total. The minimum Gasteiger partial charge on any atom is -0.462 e. The summed E-state index contributed by atoms with van der Waals surface area (Å²) in [6.45, 7) is 2.97. The van der Waals surface area contributed by atoms with Crippen molar-refractivity contribution < 1.29 is 37.6 Å². The first-order valence-electron chi connectivity index (χ1n) is 9.72. The van der Waals surface area contributed by atoms with Crippen LogP contribution in [0.3, 0.4) is 0 Å². The molecule has 3 heterocycles. The fourth-order valence-electron chi connectivity index (χ4n) is 3.30. The van der Waals surface area contributed by atoms with E-state index in [1.165, 1.54) is 0 Å². The molecule has 0 saturated carbocycles. The zero-order chi connectivity index (χ0) is 23.7. The second kappa shape index (κ2) is 9.33. The summed E-state index contributed by atoms with van der Waals surface area (Å²) >= 11 is 0. The Morgan fingerprint density at radius 2 is 2.19 bits per heavy atom. The molecule has 2 aliphatic heterocycles. The molecular weight excluding hydrogens is 454 g/mol. The van der Waals surface area contributed by atoms with Gasteiger partial charge in [-0.2, -0.15) is 0 Å². The summed E-state index contributed by atoms with van der Waals surface area (Å²) in [6.07, 6.45) is -3.56. The highest BCUT2D eigenvalue weighted by Crippen LogP contribution is 2.50. The topological polar surface area (TPSA) is 170 Å². The van der Waals surface area contributed by atoms with Gasteiger partial charge in [0, 0.05) is 12.3 Å². The number of hydrogen-bond acceptors (Lipinski definition) is 11. The maximum absolute atomic E-state index is 15.7. The number of alkyl halides is 1. The Morgan fingerprint density at radius 1 is 1.47 bits per heavy atom. The van der Waals surface area contributed by atoms with Crippen molar-refractivity contribution in [2.45, 2.75) is 51.0 Å². The van der Waals surface area contributed by atoms with Crippen molar-refractivity contribution >= 4 is 20.0 Å². The van der Waals surface area contributed by atoms with Crippen molar-refractivity contribution in [2.75, 3.05) is 19.7 Å². The van der Waals surface area contributed by atoms with Gasteiger partial charge in [-0.1, -0.05) is 0 Å². The molecule has 1 aromatic heterocycles. The molecule has 0 aromatic carbocycles. The number of hydrogen-bond donors (Lipinski definition) is 4. The van der Waals surface area contributed by atoms with E-state index >= 15 is 4.39 Å². The van der Waals surface area contributed by atoms with Gasteiger partial charge in [0.1, 0.15) is 19.2 Å². The second-order valence-electron chi connectivity index (χ2n) is 7.69. The summed E-state index contributed by atoms with van der Waals surface area (Å²) in [6, 6.07) is 1.02. The van der Waals surface area contributed by atoms with Crippen LogP contribution in [0.1, 0.15) is 27.0 Å². The lowest BCUT2D eigenvalue weighted by Crippen LogP contribution is -2.46. The minimum absolute atomic E-state index is 0.371. The number of halogens is 1. The Kier molecular flexibility index (Phi) is 7.12. The third-order valence-electron chi connectivity index (χ3n) is 4.71. The van der Waals surface area contributed by atoms with Crippen molar-refractivity contribution in [3.63, 3.8) is 0 Å². The van der Waals surface area contributed by atoms with E-state index < -0.39 is 75.0 Å². The number of esters is 2. The lowest BCUT2D eigenvalue weighted by atomic mass is 9.98. The molecule has 2 fully saturated rings. The van der Waals surface area contributed by atoms with Gasteiger partial charge in [-0.25, -0.2) is 19.4 Å². The molecule has 1 unspecified atom stereocenters. The molecule has 0 amide bonds. The molecule has 2 saturated heterocycles. The van der Waals surface area contributed by atoms with Gasteiger partial charge in [-0.15, -0.1) is 0 Å². The molecule has 13 nitrogen and oxygen atoms in total. The number of fused-ring (bicyclic) bond motifs is 1. The van der Waals surface area contributed by atoms with Gasteiger partial charge in [0.15, 0.2) is 18.0 Å². The zero-order valence-electron chi connectivity index (χ0n) is 17.6. The van der Waals surface area contributed by atoms with E-state index in [2.05, 4.69) is 10.2 Å². The molecule has 179 valence electrons. The lowest BCUT2D eigenvalue weighted by Gasteiger charge is -2.30. The highest BCUT2D eigenvalue weighted by atomic mass is 31.2. The summed E-state index contributed by atoms with van der Waals surface area (Å²) in [5.74, 6) is -1.58. The average molecular weight is 479 g/mol. The molecule has 0 spiro atoms. The van der Waals surface area contributed by atoms with Gasteiger partial charge in [0.25, 0.3) is 5.56 Å². The SMILES string of the molecule is CC(C)OC(=O)CN[P]1(O)NCC(=O)O[C@@H]2[C@@H](CO1)O[C@@H](n1ccc(=O)[nH]c1=O)[C@]2(C)F. The first-order chi connectivity index (χ1) is 14.9. The van der Waals surface area contributed by atoms with Gasteiger partial charge in [-0.05, 0) is 20.8 Å². The molecule has 15 heteroatoms. The summed E-state index contributed by atoms with van der Waals surface area (Å²) in [4.78, 5) is 60.2. The number of aromatic nitrogens is 2. The summed E-state index contributed by atoms with van der Waals surface area (Å²) in [5, 5.41) is 4.93. The van der Waals surface area contributed by atoms with E-state index in [0.29, 0.717) is 0 Å². The second-order valence-corrected chi connectivity index (χ2v) is 9.73. The molecule has 1 radical (unpaired) electrons. The van der Waals surface area contributed by atoms with E-state index in [4.69, 9.17) is 18.7 Å². The van der Waals surface area contributed by atoms with E-state index in [9.17, 15) is 24.1 Å². The minimum atomic E-state index is -3.72. The number of rotatable bonds is 5. The van der Waals surface area contributed by atoms with Gasteiger partial charge in [-0.3, -0.25) is 23.9 Å². The Hall–Kier alpha value is -2.22. The molecule has 1 aromatic rings. The fraction of sp³-hybridized carbons (Fsp3) is 0.647. The van der Waals surface area contributed by atoms with E-state index in [0.717, 1.165) is 23.8 Å². The highest BCUT2D eigenvalue weighted by molar-refractivity contribution is 7.61. The largest absolute Gasteiger partial charge is 0.462 e. The molecular formula is C17H25FN4O9P. The van der Waals surface area contributed by atoms with Crippen LogP contribution in [-0.4, -0.2) is 70.1 Å². The van der Waals surface area contributed by atoms with E-state index in [1.54, 1.807) is 13.8 Å². The Balaban J connectivity index is 1.80. The Morgan fingerprint density at radius 3 is 2.84 bits per heavy atom. The van der Waals surface area contributed by atoms with Crippen LogP contribution in [-0.2, 0) is 28.3 Å². The third kappa shape index (κ3) is 5.39. The molecule has 0 aliphatic carbocycles. The number of nitrogens with one attached hydrogen (secondary N) is 3. The number of nitrogens with zero attached hydrogens (tertiary/aromatic N) is 1. The zero-order valence-corrected chi connectivity index (χ0v) is 18.5. The molecule has 2 aliphatic rings. The van der Waals surface area contributed by atoms with Crippen LogP contribution < -0.4 is 21.4 Å². The number of carbonyl (C=O) groups is 2. The van der Waals surface area contributed by atoms with Gasteiger partial charge in [0.2, 0.25) is 8.02 Å². The Bertz CT molecular complexity index is 983. The van der Waals surface area contributed by atoms with Crippen molar-refractivity contribution in [3.05, 3.63) is 33.1 Å². The first kappa shape index (κ1) is 24.4. The van der Waals surface area contributed by atoms with Crippen LogP contribution in [0.2, 0.25) is 0 Å². The molecule has 0 bridgehead atoms.